The molecule has 0 bridgehead atoms. The van der Waals surface area contributed by atoms with E-state index in [9.17, 15) is 14.4 Å². The highest BCUT2D eigenvalue weighted by atomic mass is 28.4. The van der Waals surface area contributed by atoms with Gasteiger partial charge >= 0.3 is 29.7 Å². The van der Waals surface area contributed by atoms with Crippen molar-refractivity contribution in [1.82, 2.24) is 10.6 Å². The highest BCUT2D eigenvalue weighted by molar-refractivity contribution is 6.61. The van der Waals surface area contributed by atoms with Gasteiger partial charge in [-0.1, -0.05) is 0 Å². The molecule has 0 saturated carbocycles. The van der Waals surface area contributed by atoms with Crippen molar-refractivity contribution < 1.29 is 40.9 Å². The minimum absolute atomic E-state index is 0.314. The molecule has 0 radical (unpaired) electrons. The Morgan fingerprint density at radius 2 is 0.796 bits per heavy atom. The van der Waals surface area contributed by atoms with Crippen LogP contribution in [-0.2, 0) is 26.6 Å². The topological polar surface area (TPSA) is 167 Å². The molecular formula is C33H55N5O9Si2. The minimum atomic E-state index is -2.75. The van der Waals surface area contributed by atoms with Crippen molar-refractivity contribution >= 4 is 52.6 Å². The zero-order valence-electron chi connectivity index (χ0n) is 29.8. The summed E-state index contributed by atoms with van der Waals surface area (Å²) < 4.78 is 35.1. The van der Waals surface area contributed by atoms with Crippen molar-refractivity contribution in [2.24, 2.45) is 0 Å². The van der Waals surface area contributed by atoms with Crippen LogP contribution in [0.3, 0.4) is 0 Å². The largest absolute Gasteiger partial charge is 0.500 e. The molecule has 0 fully saturated rings. The molecule has 0 heterocycles. The van der Waals surface area contributed by atoms with E-state index in [0.29, 0.717) is 100 Å². The van der Waals surface area contributed by atoms with Crippen LogP contribution in [0.15, 0.2) is 48.5 Å². The fourth-order valence-electron chi connectivity index (χ4n) is 4.91. The van der Waals surface area contributed by atoms with Crippen LogP contribution in [0.2, 0.25) is 12.1 Å². The summed E-state index contributed by atoms with van der Waals surface area (Å²) in [4.78, 5) is 37.6. The third-order valence-electron chi connectivity index (χ3n) is 6.88. The van der Waals surface area contributed by atoms with Crippen molar-refractivity contribution in [2.45, 2.75) is 66.5 Å². The second-order valence-corrected chi connectivity index (χ2v) is 16.0. The van der Waals surface area contributed by atoms with E-state index in [1.54, 1.807) is 48.5 Å². The maximum absolute atomic E-state index is 12.8. The molecule has 0 atom stereocenters. The summed E-state index contributed by atoms with van der Waals surface area (Å²) >= 11 is 0. The number of hydrogen-bond donors (Lipinski definition) is 5. The number of nitrogens with one attached hydrogen (secondary N) is 5. The van der Waals surface area contributed by atoms with E-state index in [4.69, 9.17) is 26.6 Å². The van der Waals surface area contributed by atoms with Crippen LogP contribution in [0, 0.1) is 0 Å². The van der Waals surface area contributed by atoms with Crippen LogP contribution in [-0.4, -0.2) is 88.3 Å². The molecule has 2 aromatic rings. The molecule has 274 valence electrons. The quantitative estimate of drug-likeness (QED) is 0.0640. The minimum Gasteiger partial charge on any atom is -0.374 e. The third-order valence-corrected chi connectivity index (χ3v) is 13.2. The summed E-state index contributed by atoms with van der Waals surface area (Å²) in [5, 5.41) is 14.1. The average Bonchev–Trinajstić information content (AvgIpc) is 3.07. The number of anilines is 3. The average molecular weight is 722 g/mol. The monoisotopic (exact) mass is 721 g/mol. The predicted molar refractivity (Wildman–Crippen MR) is 195 cm³/mol. The second kappa shape index (κ2) is 23.1. The van der Waals surface area contributed by atoms with Crippen molar-refractivity contribution in [2.75, 3.05) is 68.7 Å². The van der Waals surface area contributed by atoms with E-state index in [-0.39, 0.29) is 18.0 Å². The van der Waals surface area contributed by atoms with Crippen molar-refractivity contribution in [3.8, 4) is 0 Å². The lowest BCUT2D eigenvalue weighted by atomic mass is 10.2. The summed E-state index contributed by atoms with van der Waals surface area (Å²) in [6.07, 6.45) is 1.29. The maximum Gasteiger partial charge on any atom is 0.500 e. The van der Waals surface area contributed by atoms with Crippen LogP contribution in [0.25, 0.3) is 0 Å². The lowest BCUT2D eigenvalue weighted by Gasteiger charge is -2.28. The molecule has 2 aromatic carbocycles. The number of carbonyl (C=O) groups excluding carboxylic acids is 3. The molecule has 0 unspecified atom stereocenters. The van der Waals surface area contributed by atoms with Gasteiger partial charge in [-0.2, -0.15) is 0 Å². The van der Waals surface area contributed by atoms with Gasteiger partial charge in [0.25, 0.3) is 5.91 Å². The van der Waals surface area contributed by atoms with E-state index in [0.717, 1.165) is 0 Å². The Balaban J connectivity index is 1.77. The Labute approximate surface area is 293 Å². The van der Waals surface area contributed by atoms with Gasteiger partial charge in [0.2, 0.25) is 0 Å². The fraction of sp³-hybridized carbons (Fsp3) is 0.545. The van der Waals surface area contributed by atoms with Gasteiger partial charge in [0.1, 0.15) is 0 Å². The highest BCUT2D eigenvalue weighted by Crippen LogP contribution is 2.20. The van der Waals surface area contributed by atoms with Crippen LogP contribution in [0.1, 0.15) is 64.7 Å². The van der Waals surface area contributed by atoms with E-state index < -0.39 is 17.6 Å². The molecule has 0 saturated heterocycles. The van der Waals surface area contributed by atoms with Crippen LogP contribution in [0.5, 0.6) is 0 Å². The fourth-order valence-corrected chi connectivity index (χ4v) is 10.1. The van der Waals surface area contributed by atoms with Crippen LogP contribution < -0.4 is 26.6 Å². The first kappa shape index (κ1) is 41.8. The molecule has 14 nitrogen and oxygen atoms in total. The van der Waals surface area contributed by atoms with Gasteiger partial charge in [0, 0.05) is 87.4 Å². The van der Waals surface area contributed by atoms with Crippen molar-refractivity contribution in [3.63, 3.8) is 0 Å². The Kier molecular flexibility index (Phi) is 19.7. The zero-order valence-corrected chi connectivity index (χ0v) is 31.8. The molecule has 5 N–H and O–H groups in total. The SMILES string of the molecule is CCO[Si](CCCNC(=O)Nc1ccc(NC(=O)c2ccc(NC(=O)NCCC[Si](OCC)(OCC)OCC)cc2)cc1)(OCC)OCC. The summed E-state index contributed by atoms with van der Waals surface area (Å²) in [5.74, 6) is -0.314. The first-order chi connectivity index (χ1) is 23.7. The predicted octanol–water partition coefficient (Wildman–Crippen LogP) is 6.06. The molecule has 49 heavy (non-hydrogen) atoms. The van der Waals surface area contributed by atoms with Gasteiger partial charge in [-0.15, -0.1) is 0 Å². The van der Waals surface area contributed by atoms with Gasteiger partial charge in [0.15, 0.2) is 0 Å². The molecule has 0 aliphatic carbocycles. The summed E-state index contributed by atoms with van der Waals surface area (Å²) in [5.41, 5.74) is 2.10. The molecule has 0 spiro atoms. The normalized spacial score (nSPS) is 11.6. The zero-order chi connectivity index (χ0) is 36.0. The Morgan fingerprint density at radius 3 is 1.12 bits per heavy atom. The van der Waals surface area contributed by atoms with Gasteiger partial charge in [0.05, 0.1) is 0 Å². The lowest BCUT2D eigenvalue weighted by molar-refractivity contribution is 0.0701. The molecule has 0 aliphatic rings. The number of hydrogen-bond acceptors (Lipinski definition) is 9. The second-order valence-electron chi connectivity index (χ2n) is 10.5. The van der Waals surface area contributed by atoms with Crippen LogP contribution >= 0.6 is 0 Å². The molecule has 5 amide bonds. The smallest absolute Gasteiger partial charge is 0.374 e. The Bertz CT molecular complexity index is 1220. The maximum atomic E-state index is 12.8. The Hall–Kier alpha value is -3.36. The van der Waals surface area contributed by atoms with Gasteiger partial charge in [-0.05, 0) is 103 Å². The number of carbonyl (C=O) groups is 3. The first-order valence-electron chi connectivity index (χ1n) is 17.1. The van der Waals surface area contributed by atoms with Crippen LogP contribution in [0.4, 0.5) is 26.7 Å². The van der Waals surface area contributed by atoms with Gasteiger partial charge < -0.3 is 53.1 Å². The van der Waals surface area contributed by atoms with E-state index in [1.807, 2.05) is 41.5 Å². The van der Waals surface area contributed by atoms with Gasteiger partial charge in [-0.25, -0.2) is 9.59 Å². The molecule has 0 aromatic heterocycles. The molecular weight excluding hydrogens is 667 g/mol. The lowest BCUT2D eigenvalue weighted by Crippen LogP contribution is -2.46. The first-order valence-corrected chi connectivity index (χ1v) is 21.0. The van der Waals surface area contributed by atoms with Crippen molar-refractivity contribution in [3.05, 3.63) is 54.1 Å². The standard InChI is InChI=1S/C33H55N5O9Si2/c1-7-42-48(43-8-2,44-9-3)25-13-23-34-32(40)37-29-17-15-27(16-18-29)31(39)36-28-19-21-30(22-20-28)38-33(41)35-24-14-26-49(45-10-4,46-11-5)47-12-6/h15-22H,7-14,23-26H2,1-6H3,(H,36,39)(H2,34,37,40)(H2,35,38,41). The summed E-state index contributed by atoms with van der Waals surface area (Å²) in [7, 11) is -5.50. The van der Waals surface area contributed by atoms with E-state index in [2.05, 4.69) is 26.6 Å². The Morgan fingerprint density at radius 1 is 0.490 bits per heavy atom. The third kappa shape index (κ3) is 15.4. The number of benzene rings is 2. The molecule has 16 heteroatoms. The molecule has 2 rings (SSSR count). The molecule has 0 aliphatic heterocycles. The van der Waals surface area contributed by atoms with Crippen molar-refractivity contribution in [1.29, 1.82) is 0 Å². The highest BCUT2D eigenvalue weighted by Gasteiger charge is 2.40. The number of rotatable bonds is 24. The van der Waals surface area contributed by atoms with E-state index >= 15 is 0 Å². The summed E-state index contributed by atoms with van der Waals surface area (Å²) in [6, 6.07) is 13.9. The number of amides is 5. The summed E-state index contributed by atoms with van der Waals surface area (Å²) in [6.45, 7) is 15.3. The number of urea groups is 2. The van der Waals surface area contributed by atoms with E-state index in [1.165, 1.54) is 0 Å². The van der Waals surface area contributed by atoms with Gasteiger partial charge in [-0.3, -0.25) is 4.79 Å².